The predicted octanol–water partition coefficient (Wildman–Crippen LogP) is 2.71. The van der Waals surface area contributed by atoms with E-state index in [1.54, 1.807) is 0 Å². The second kappa shape index (κ2) is 6.54. The number of ether oxygens (including phenoxy) is 4. The maximum absolute atomic E-state index is 6.32. The minimum atomic E-state index is -1.18. The molecule has 0 aliphatic carbocycles. The molecule has 25 heavy (non-hydrogen) atoms. The lowest BCUT2D eigenvalue weighted by molar-refractivity contribution is -0.165. The highest BCUT2D eigenvalue weighted by atomic mass is 31.2. The minimum Gasteiger partial charge on any atom is -0.348 e. The van der Waals surface area contributed by atoms with Gasteiger partial charge in [-0.25, -0.2) is 0 Å². The molecule has 1 aromatic rings. The summed E-state index contributed by atoms with van der Waals surface area (Å²) in [5.74, 6) is -1.22. The summed E-state index contributed by atoms with van der Waals surface area (Å²) in [7, 11) is -1.18. The van der Waals surface area contributed by atoms with Crippen LogP contribution in [0.3, 0.4) is 0 Å². The third-order valence-electron chi connectivity index (χ3n) is 4.52. The molecule has 4 rings (SSSR count). The van der Waals surface area contributed by atoms with Gasteiger partial charge in [-0.3, -0.25) is 0 Å². The van der Waals surface area contributed by atoms with Crippen LogP contribution >= 0.6 is 8.38 Å². The van der Waals surface area contributed by atoms with Gasteiger partial charge in [-0.1, -0.05) is 18.2 Å². The Morgan fingerprint density at radius 2 is 1.28 bits per heavy atom. The number of hydrogen-bond donors (Lipinski definition) is 0. The van der Waals surface area contributed by atoms with E-state index in [0.717, 1.165) is 5.30 Å². The normalized spacial score (nSPS) is 39.8. The van der Waals surface area contributed by atoms with Crippen molar-refractivity contribution < 1.29 is 28.0 Å². The van der Waals surface area contributed by atoms with E-state index in [4.69, 9.17) is 28.0 Å². The molecule has 7 heteroatoms. The topological polar surface area (TPSA) is 55.4 Å². The summed E-state index contributed by atoms with van der Waals surface area (Å²) in [6, 6.07) is 10.0. The summed E-state index contributed by atoms with van der Waals surface area (Å²) in [5, 5.41) is 1.04. The van der Waals surface area contributed by atoms with Gasteiger partial charge in [-0.2, -0.15) is 0 Å². The molecule has 0 spiro atoms. The van der Waals surface area contributed by atoms with Crippen LogP contribution in [0, 0.1) is 0 Å². The van der Waals surface area contributed by atoms with E-state index in [1.807, 2.05) is 58.0 Å². The van der Waals surface area contributed by atoms with Gasteiger partial charge in [0.15, 0.2) is 11.6 Å². The average molecular weight is 368 g/mol. The van der Waals surface area contributed by atoms with Crippen molar-refractivity contribution in [3.8, 4) is 0 Å². The van der Waals surface area contributed by atoms with E-state index in [0.29, 0.717) is 13.2 Å². The van der Waals surface area contributed by atoms with E-state index in [9.17, 15) is 0 Å². The SMILES string of the molecule is CC1(C)OCC([C@@H]2OP(c3ccccc3)O[C@H]2C2COC(C)(C)O2)O1. The lowest BCUT2D eigenvalue weighted by Gasteiger charge is -2.26. The molecule has 3 saturated heterocycles. The lowest BCUT2D eigenvalue weighted by atomic mass is 10.0. The van der Waals surface area contributed by atoms with Crippen LogP contribution in [0.2, 0.25) is 0 Å². The van der Waals surface area contributed by atoms with Gasteiger partial charge in [0.1, 0.15) is 24.4 Å². The second-order valence-corrected chi connectivity index (χ2v) is 8.92. The Balaban J connectivity index is 1.55. The number of rotatable bonds is 3. The van der Waals surface area contributed by atoms with Crippen LogP contribution in [0.1, 0.15) is 27.7 Å². The standard InChI is InChI=1S/C18H25O6P/c1-17(2)19-10-13(21-17)15-16(14-11-20-18(3,4)22-14)24-25(23-15)12-8-6-5-7-9-12/h5-9,13-16H,10-11H2,1-4H3/t13?,14?,15-,16-,25?/m0/s1. The fourth-order valence-electron chi connectivity index (χ4n) is 3.35. The van der Waals surface area contributed by atoms with Crippen LogP contribution < -0.4 is 5.30 Å². The quantitative estimate of drug-likeness (QED) is 0.765. The van der Waals surface area contributed by atoms with Crippen molar-refractivity contribution >= 4 is 13.7 Å². The fraction of sp³-hybridized carbons (Fsp3) is 0.667. The van der Waals surface area contributed by atoms with Crippen LogP contribution in [-0.2, 0) is 28.0 Å². The molecule has 0 radical (unpaired) electrons. The summed E-state index contributed by atoms with van der Waals surface area (Å²) in [4.78, 5) is 0. The molecule has 138 valence electrons. The molecule has 3 aliphatic rings. The van der Waals surface area contributed by atoms with E-state index in [1.165, 1.54) is 0 Å². The molecule has 0 saturated carbocycles. The van der Waals surface area contributed by atoms with Gasteiger partial charge in [0, 0.05) is 5.30 Å². The van der Waals surface area contributed by atoms with Crippen molar-refractivity contribution in [2.24, 2.45) is 0 Å². The molecule has 1 aromatic carbocycles. The third-order valence-corrected chi connectivity index (χ3v) is 6.11. The van der Waals surface area contributed by atoms with Crippen molar-refractivity contribution in [1.29, 1.82) is 0 Å². The van der Waals surface area contributed by atoms with Gasteiger partial charge in [-0.15, -0.1) is 0 Å². The first-order chi connectivity index (χ1) is 11.8. The van der Waals surface area contributed by atoms with Crippen molar-refractivity contribution in [1.82, 2.24) is 0 Å². The molecule has 0 amide bonds. The minimum absolute atomic E-state index is 0.191. The Kier molecular flexibility index (Phi) is 4.66. The molecule has 0 bridgehead atoms. The summed E-state index contributed by atoms with van der Waals surface area (Å²) in [6.07, 6.45) is -0.891. The second-order valence-electron chi connectivity index (χ2n) is 7.47. The summed E-state index contributed by atoms with van der Waals surface area (Å²) in [6.45, 7) is 8.61. The smallest absolute Gasteiger partial charge is 0.206 e. The van der Waals surface area contributed by atoms with Crippen molar-refractivity contribution in [3.05, 3.63) is 30.3 Å². The maximum Gasteiger partial charge on any atom is 0.206 e. The Hall–Kier alpha value is -0.590. The van der Waals surface area contributed by atoms with Crippen LogP contribution in [0.15, 0.2) is 30.3 Å². The van der Waals surface area contributed by atoms with Gasteiger partial charge < -0.3 is 28.0 Å². The Bertz CT molecular complexity index is 573. The molecule has 3 fully saturated rings. The Morgan fingerprint density at radius 3 is 1.68 bits per heavy atom. The third kappa shape index (κ3) is 3.76. The van der Waals surface area contributed by atoms with E-state index < -0.39 is 19.9 Å². The van der Waals surface area contributed by atoms with Crippen LogP contribution in [0.4, 0.5) is 0 Å². The van der Waals surface area contributed by atoms with Gasteiger partial charge in [-0.05, 0) is 39.8 Å². The molecule has 3 heterocycles. The first-order valence-electron chi connectivity index (χ1n) is 8.65. The van der Waals surface area contributed by atoms with Gasteiger partial charge in [0.25, 0.3) is 0 Å². The molecule has 0 aromatic heterocycles. The lowest BCUT2D eigenvalue weighted by Crippen LogP contribution is -2.45. The first-order valence-corrected chi connectivity index (χ1v) is 9.83. The summed E-state index contributed by atoms with van der Waals surface area (Å²) in [5.41, 5.74) is 0. The molecule has 0 N–H and O–H groups in total. The highest BCUT2D eigenvalue weighted by Gasteiger charge is 2.53. The van der Waals surface area contributed by atoms with Crippen LogP contribution in [-0.4, -0.2) is 49.2 Å². The largest absolute Gasteiger partial charge is 0.348 e. The van der Waals surface area contributed by atoms with Crippen LogP contribution in [0.5, 0.6) is 0 Å². The zero-order valence-corrected chi connectivity index (χ0v) is 15.9. The Morgan fingerprint density at radius 1 is 0.800 bits per heavy atom. The first kappa shape index (κ1) is 17.8. The van der Waals surface area contributed by atoms with Gasteiger partial charge in [0.2, 0.25) is 8.38 Å². The van der Waals surface area contributed by atoms with Crippen molar-refractivity contribution in [2.75, 3.05) is 13.2 Å². The predicted molar refractivity (Wildman–Crippen MR) is 92.6 cm³/mol. The zero-order valence-electron chi connectivity index (χ0n) is 15.0. The van der Waals surface area contributed by atoms with Gasteiger partial charge in [0.05, 0.1) is 13.2 Å². The fourth-order valence-corrected chi connectivity index (χ4v) is 5.01. The average Bonchev–Trinajstić information content (AvgIpc) is 3.24. The van der Waals surface area contributed by atoms with Crippen molar-refractivity contribution in [3.63, 3.8) is 0 Å². The highest BCUT2D eigenvalue weighted by molar-refractivity contribution is 7.56. The molecular formula is C18H25O6P. The van der Waals surface area contributed by atoms with E-state index >= 15 is 0 Å². The zero-order chi connectivity index (χ0) is 17.7. The maximum atomic E-state index is 6.32. The van der Waals surface area contributed by atoms with E-state index in [2.05, 4.69) is 0 Å². The molecule has 6 nitrogen and oxygen atoms in total. The molecule has 4 atom stereocenters. The highest BCUT2D eigenvalue weighted by Crippen LogP contribution is 2.51. The van der Waals surface area contributed by atoms with Crippen molar-refractivity contribution in [2.45, 2.75) is 63.7 Å². The summed E-state index contributed by atoms with van der Waals surface area (Å²) >= 11 is 0. The summed E-state index contributed by atoms with van der Waals surface area (Å²) < 4.78 is 36.2. The van der Waals surface area contributed by atoms with E-state index in [-0.39, 0.29) is 24.4 Å². The molecule has 3 aliphatic heterocycles. The monoisotopic (exact) mass is 368 g/mol. The van der Waals surface area contributed by atoms with Crippen LogP contribution in [0.25, 0.3) is 0 Å². The Labute approximate surface area is 149 Å². The molecule has 2 unspecified atom stereocenters. The number of benzene rings is 1. The number of hydrogen-bond acceptors (Lipinski definition) is 6. The molecular weight excluding hydrogens is 343 g/mol. The van der Waals surface area contributed by atoms with Gasteiger partial charge >= 0.3 is 0 Å².